The van der Waals surface area contributed by atoms with Crippen LogP contribution in [0.15, 0.2) is 72.3 Å². The molecule has 0 unspecified atom stereocenters. The number of nitrogens with zero attached hydrogens (tertiary/aromatic N) is 6. The van der Waals surface area contributed by atoms with E-state index < -0.39 is 0 Å². The van der Waals surface area contributed by atoms with Crippen LogP contribution in [0.5, 0.6) is 0 Å². The molecule has 0 saturated carbocycles. The van der Waals surface area contributed by atoms with Crippen molar-refractivity contribution >= 4 is 11.6 Å². The molecule has 3 aromatic heterocycles. The molecule has 0 aliphatic carbocycles. The lowest BCUT2D eigenvalue weighted by Crippen LogP contribution is -2.17. The Morgan fingerprint density at radius 2 is 1.86 bits per heavy atom. The van der Waals surface area contributed by atoms with Crippen LogP contribution in [0.3, 0.4) is 0 Å². The molecule has 1 aromatic carbocycles. The summed E-state index contributed by atoms with van der Waals surface area (Å²) in [6.07, 6.45) is 8.94. The van der Waals surface area contributed by atoms with Crippen LogP contribution in [-0.4, -0.2) is 24.1 Å². The van der Waals surface area contributed by atoms with E-state index in [2.05, 4.69) is 21.0 Å². The number of rotatable bonds is 5. The van der Waals surface area contributed by atoms with Gasteiger partial charge in [-0.2, -0.15) is 5.26 Å². The zero-order valence-electron chi connectivity index (χ0n) is 15.2. The molecule has 0 fully saturated rings. The molecule has 7 nitrogen and oxygen atoms in total. The van der Waals surface area contributed by atoms with E-state index in [0.717, 1.165) is 17.0 Å². The van der Waals surface area contributed by atoms with E-state index in [-0.39, 0.29) is 5.56 Å². The number of nitriles is 1. The minimum Gasteiger partial charge on any atom is -0.328 e. The Morgan fingerprint density at radius 1 is 1.03 bits per heavy atom. The Balaban J connectivity index is 1.51. The maximum Gasteiger partial charge on any atom is 0.256 e. The maximum absolute atomic E-state index is 12.0. The second kappa shape index (κ2) is 8.09. The minimum atomic E-state index is -0.226. The van der Waals surface area contributed by atoms with Crippen LogP contribution in [0.2, 0.25) is 5.02 Å². The standard InChI is InChI=1S/C21H15ClN6O/c22-17-5-6-21(29)28(12-17)20-11-25-18(9-26-20)13-27-14-24-10-19(27)7-15-1-3-16(8-23)4-2-15/h1-6,9-12,14H,7,13H2. The Bertz CT molecular complexity index is 1240. The van der Waals surface area contributed by atoms with Crippen LogP contribution in [0.1, 0.15) is 22.5 Å². The second-order valence-electron chi connectivity index (χ2n) is 6.42. The quantitative estimate of drug-likeness (QED) is 0.512. The molecule has 0 saturated heterocycles. The highest BCUT2D eigenvalue weighted by atomic mass is 35.5. The third-order valence-electron chi connectivity index (χ3n) is 4.41. The molecule has 0 radical (unpaired) electrons. The molecule has 0 aliphatic rings. The third-order valence-corrected chi connectivity index (χ3v) is 4.64. The first-order valence-electron chi connectivity index (χ1n) is 8.80. The molecule has 0 aliphatic heterocycles. The highest BCUT2D eigenvalue weighted by Gasteiger charge is 2.07. The summed E-state index contributed by atoms with van der Waals surface area (Å²) >= 11 is 5.96. The van der Waals surface area contributed by atoms with Gasteiger partial charge in [-0.1, -0.05) is 23.7 Å². The lowest BCUT2D eigenvalue weighted by molar-refractivity contribution is 0.727. The first-order chi connectivity index (χ1) is 14.1. The highest BCUT2D eigenvalue weighted by Crippen LogP contribution is 2.13. The summed E-state index contributed by atoms with van der Waals surface area (Å²) in [7, 11) is 0. The fourth-order valence-corrected chi connectivity index (χ4v) is 3.07. The summed E-state index contributed by atoms with van der Waals surface area (Å²) in [5.74, 6) is 0.407. The van der Waals surface area contributed by atoms with Gasteiger partial charge in [0.15, 0.2) is 5.82 Å². The molecule has 4 rings (SSSR count). The smallest absolute Gasteiger partial charge is 0.256 e. The number of pyridine rings is 1. The van der Waals surface area contributed by atoms with Crippen molar-refractivity contribution in [1.29, 1.82) is 5.26 Å². The molecule has 0 spiro atoms. The number of imidazole rings is 1. The molecule has 29 heavy (non-hydrogen) atoms. The molecule has 8 heteroatoms. The van der Waals surface area contributed by atoms with Gasteiger partial charge in [0.2, 0.25) is 0 Å². The summed E-state index contributed by atoms with van der Waals surface area (Å²) in [4.78, 5) is 25.0. The lowest BCUT2D eigenvalue weighted by Gasteiger charge is -2.09. The van der Waals surface area contributed by atoms with Gasteiger partial charge in [0, 0.05) is 30.6 Å². The SMILES string of the molecule is N#Cc1ccc(Cc2cncn2Cc2cnc(-n3cc(Cl)ccc3=O)cn2)cc1. The van der Waals surface area contributed by atoms with E-state index in [9.17, 15) is 4.79 Å². The molecule has 4 aromatic rings. The van der Waals surface area contributed by atoms with Crippen molar-refractivity contribution in [2.45, 2.75) is 13.0 Å². The molecule has 0 bridgehead atoms. The number of hydrogen-bond acceptors (Lipinski definition) is 5. The monoisotopic (exact) mass is 402 g/mol. The molecule has 0 atom stereocenters. The Labute approximate surface area is 171 Å². The highest BCUT2D eigenvalue weighted by molar-refractivity contribution is 6.30. The summed E-state index contributed by atoms with van der Waals surface area (Å²) in [5, 5.41) is 9.36. The molecule has 142 valence electrons. The van der Waals surface area contributed by atoms with Crippen molar-refractivity contribution in [2.75, 3.05) is 0 Å². The van der Waals surface area contributed by atoms with E-state index in [0.29, 0.717) is 29.4 Å². The minimum absolute atomic E-state index is 0.226. The Kier molecular flexibility index (Phi) is 5.18. The topological polar surface area (TPSA) is 89.4 Å². The van der Waals surface area contributed by atoms with E-state index in [1.54, 1.807) is 30.9 Å². The van der Waals surface area contributed by atoms with Crippen molar-refractivity contribution in [1.82, 2.24) is 24.1 Å². The van der Waals surface area contributed by atoms with Gasteiger partial charge in [0.05, 0.1) is 47.6 Å². The van der Waals surface area contributed by atoms with Crippen LogP contribution < -0.4 is 5.56 Å². The van der Waals surface area contributed by atoms with Crippen LogP contribution in [0, 0.1) is 11.3 Å². The molecule has 0 N–H and O–H groups in total. The predicted molar refractivity (Wildman–Crippen MR) is 108 cm³/mol. The van der Waals surface area contributed by atoms with Crippen molar-refractivity contribution in [3.05, 3.63) is 105 Å². The first kappa shape index (κ1) is 18.6. The van der Waals surface area contributed by atoms with Gasteiger partial charge < -0.3 is 4.57 Å². The average Bonchev–Trinajstić information content (AvgIpc) is 3.17. The summed E-state index contributed by atoms with van der Waals surface area (Å²) in [6.45, 7) is 0.503. The lowest BCUT2D eigenvalue weighted by atomic mass is 10.1. The number of aromatic nitrogens is 5. The Morgan fingerprint density at radius 3 is 2.59 bits per heavy atom. The maximum atomic E-state index is 12.0. The van der Waals surface area contributed by atoms with Crippen LogP contribution in [0.4, 0.5) is 0 Å². The van der Waals surface area contributed by atoms with E-state index in [1.807, 2.05) is 22.9 Å². The first-order valence-corrected chi connectivity index (χ1v) is 9.18. The number of hydrogen-bond donors (Lipinski definition) is 0. The summed E-state index contributed by atoms with van der Waals surface area (Å²) in [6, 6.07) is 12.5. The largest absolute Gasteiger partial charge is 0.328 e. The fraction of sp³-hybridized carbons (Fsp3) is 0.0952. The van der Waals surface area contributed by atoms with Crippen LogP contribution in [0.25, 0.3) is 5.82 Å². The van der Waals surface area contributed by atoms with E-state index in [4.69, 9.17) is 16.9 Å². The second-order valence-corrected chi connectivity index (χ2v) is 6.86. The summed E-state index contributed by atoms with van der Waals surface area (Å²) in [5.41, 5.74) is 3.26. The average molecular weight is 403 g/mol. The predicted octanol–water partition coefficient (Wildman–Crippen LogP) is 2.99. The molecule has 3 heterocycles. The molecular weight excluding hydrogens is 388 g/mol. The Hall–Kier alpha value is -3.76. The van der Waals surface area contributed by atoms with Crippen LogP contribution >= 0.6 is 11.6 Å². The number of benzene rings is 1. The zero-order chi connectivity index (χ0) is 20.2. The van der Waals surface area contributed by atoms with Gasteiger partial charge in [0.1, 0.15) is 0 Å². The van der Waals surface area contributed by atoms with Gasteiger partial charge in [-0.3, -0.25) is 14.3 Å². The van der Waals surface area contributed by atoms with Gasteiger partial charge >= 0.3 is 0 Å². The molecule has 0 amide bonds. The third kappa shape index (κ3) is 4.23. The van der Waals surface area contributed by atoms with Crippen molar-refractivity contribution in [2.24, 2.45) is 0 Å². The van der Waals surface area contributed by atoms with E-state index in [1.165, 1.54) is 22.9 Å². The fourth-order valence-electron chi connectivity index (χ4n) is 2.91. The van der Waals surface area contributed by atoms with Crippen LogP contribution in [-0.2, 0) is 13.0 Å². The van der Waals surface area contributed by atoms with Gasteiger partial charge in [0.25, 0.3) is 5.56 Å². The zero-order valence-corrected chi connectivity index (χ0v) is 16.0. The normalized spacial score (nSPS) is 10.6. The van der Waals surface area contributed by atoms with Crippen molar-refractivity contribution in [3.63, 3.8) is 0 Å². The van der Waals surface area contributed by atoms with E-state index >= 15 is 0 Å². The molecular formula is C21H15ClN6O. The van der Waals surface area contributed by atoms with Crippen molar-refractivity contribution in [3.8, 4) is 11.9 Å². The number of halogens is 1. The van der Waals surface area contributed by atoms with Gasteiger partial charge in [-0.15, -0.1) is 0 Å². The van der Waals surface area contributed by atoms with Crippen molar-refractivity contribution < 1.29 is 0 Å². The summed E-state index contributed by atoms with van der Waals surface area (Å²) < 4.78 is 3.35. The van der Waals surface area contributed by atoms with Gasteiger partial charge in [-0.25, -0.2) is 9.97 Å². The van der Waals surface area contributed by atoms with Gasteiger partial charge in [-0.05, 0) is 23.8 Å².